The van der Waals surface area contributed by atoms with Gasteiger partial charge in [0.2, 0.25) is 5.91 Å². The summed E-state index contributed by atoms with van der Waals surface area (Å²) in [5.74, 6) is -0.846. The second-order valence-corrected chi connectivity index (χ2v) is 6.19. The van der Waals surface area contributed by atoms with E-state index < -0.39 is 18.0 Å². The van der Waals surface area contributed by atoms with Crippen LogP contribution in [0, 0.1) is 0 Å². The van der Waals surface area contributed by atoms with Crippen LogP contribution in [0.5, 0.6) is 0 Å². The van der Waals surface area contributed by atoms with Crippen molar-refractivity contribution < 1.29 is 9.59 Å². The number of amides is 2. The molecule has 3 rings (SSSR count). The molecule has 6 heteroatoms. The first-order valence-corrected chi connectivity index (χ1v) is 9.02. The van der Waals surface area contributed by atoms with Crippen molar-refractivity contribution in [3.8, 4) is 0 Å². The maximum Gasteiger partial charge on any atom is 0.267 e. The van der Waals surface area contributed by atoms with Crippen LogP contribution in [0.2, 0.25) is 0 Å². The van der Waals surface area contributed by atoms with Gasteiger partial charge >= 0.3 is 0 Å². The number of nitrogens with two attached hydrogens (primary N) is 3. The van der Waals surface area contributed by atoms with Crippen molar-refractivity contribution in [3.05, 3.63) is 108 Å². The minimum Gasteiger partial charge on any atom is -0.368 e. The van der Waals surface area contributed by atoms with Crippen molar-refractivity contribution in [2.45, 2.75) is 12.1 Å². The molecule has 0 spiro atoms. The molecule has 0 aromatic heterocycles. The second kappa shape index (κ2) is 11.3. The lowest BCUT2D eigenvalue weighted by molar-refractivity contribution is -0.120. The highest BCUT2D eigenvalue weighted by atomic mass is 16.2. The van der Waals surface area contributed by atoms with Crippen LogP contribution in [0.25, 0.3) is 0 Å². The summed E-state index contributed by atoms with van der Waals surface area (Å²) in [6.45, 7) is 0. The Labute approximate surface area is 170 Å². The molecule has 2 atom stereocenters. The molecule has 0 aliphatic carbocycles. The van der Waals surface area contributed by atoms with Crippen LogP contribution in [0.1, 0.15) is 28.8 Å². The van der Waals surface area contributed by atoms with Gasteiger partial charge in [0.05, 0.1) is 0 Å². The van der Waals surface area contributed by atoms with Crippen LogP contribution in [0.15, 0.2) is 96.0 Å². The molecule has 2 amide bonds. The summed E-state index contributed by atoms with van der Waals surface area (Å²) in [6, 6.07) is 26.3. The van der Waals surface area contributed by atoms with Gasteiger partial charge in [0.15, 0.2) is 0 Å². The second-order valence-electron chi connectivity index (χ2n) is 6.19. The summed E-state index contributed by atoms with van der Waals surface area (Å²) in [4.78, 5) is 26.3. The van der Waals surface area contributed by atoms with Crippen molar-refractivity contribution in [3.63, 3.8) is 0 Å². The zero-order valence-corrected chi connectivity index (χ0v) is 15.9. The third kappa shape index (κ3) is 7.14. The highest BCUT2D eigenvalue weighted by molar-refractivity contribution is 5.94. The molecular weight excluding hydrogens is 364 g/mol. The molecule has 3 aromatic rings. The van der Waals surface area contributed by atoms with Gasteiger partial charge in [-0.2, -0.15) is 0 Å². The lowest BCUT2D eigenvalue weighted by Gasteiger charge is -2.06. The van der Waals surface area contributed by atoms with E-state index in [1.165, 1.54) is 6.21 Å². The molecule has 0 aliphatic rings. The Bertz CT molecular complexity index is 929. The molecule has 6 N–H and O–H groups in total. The van der Waals surface area contributed by atoms with E-state index in [0.29, 0.717) is 0 Å². The Morgan fingerprint density at radius 1 is 0.690 bits per heavy atom. The quantitative estimate of drug-likeness (QED) is 0.581. The summed E-state index contributed by atoms with van der Waals surface area (Å²) >= 11 is 0. The smallest absolute Gasteiger partial charge is 0.267 e. The van der Waals surface area contributed by atoms with Gasteiger partial charge in [-0.3, -0.25) is 9.59 Å². The van der Waals surface area contributed by atoms with Crippen molar-refractivity contribution in [1.29, 1.82) is 0 Å². The van der Waals surface area contributed by atoms with Gasteiger partial charge in [0.25, 0.3) is 5.91 Å². The van der Waals surface area contributed by atoms with Crippen LogP contribution in [-0.4, -0.2) is 18.0 Å². The van der Waals surface area contributed by atoms with Crippen LogP contribution in [0.3, 0.4) is 0 Å². The topological polar surface area (TPSA) is 125 Å². The summed E-state index contributed by atoms with van der Waals surface area (Å²) in [5.41, 5.74) is 18.7. The zero-order valence-electron chi connectivity index (χ0n) is 15.9. The predicted molar refractivity (Wildman–Crippen MR) is 115 cm³/mol. The normalized spacial score (nSPS) is 12.5. The van der Waals surface area contributed by atoms with E-state index in [1.54, 1.807) is 12.1 Å². The van der Waals surface area contributed by atoms with Crippen molar-refractivity contribution in [1.82, 2.24) is 0 Å². The van der Waals surface area contributed by atoms with Crippen LogP contribution < -0.4 is 17.2 Å². The Balaban J connectivity index is 0.000000234. The van der Waals surface area contributed by atoms with Crippen LogP contribution >= 0.6 is 0 Å². The molecule has 0 saturated heterocycles. The number of carbonyl (C=O) groups excluding carboxylic acids is 2. The minimum absolute atomic E-state index is 0.343. The molecule has 29 heavy (non-hydrogen) atoms. The SMILES string of the molecule is NC(=O)[C@H](N)c1ccccc1.N[C@@H](C(=O)N=Cc1ccccc1)c1ccccc1. The van der Waals surface area contributed by atoms with E-state index in [4.69, 9.17) is 17.2 Å². The van der Waals surface area contributed by atoms with Gasteiger partial charge < -0.3 is 17.2 Å². The minimum atomic E-state index is -0.703. The fourth-order valence-corrected chi connectivity index (χ4v) is 2.39. The maximum absolute atomic E-state index is 11.8. The Morgan fingerprint density at radius 3 is 1.55 bits per heavy atom. The van der Waals surface area contributed by atoms with Gasteiger partial charge in [-0.15, -0.1) is 0 Å². The molecule has 6 nitrogen and oxygen atoms in total. The monoisotopic (exact) mass is 388 g/mol. The first-order chi connectivity index (χ1) is 14.0. The number of carbonyl (C=O) groups is 2. The molecule has 0 bridgehead atoms. The number of benzene rings is 3. The number of rotatable bonds is 5. The Kier molecular flexibility index (Phi) is 8.44. The fraction of sp³-hybridized carbons (Fsp3) is 0.0870. The summed E-state index contributed by atoms with van der Waals surface area (Å²) < 4.78 is 0. The molecular formula is C23H24N4O2. The number of hydrogen-bond donors (Lipinski definition) is 3. The van der Waals surface area contributed by atoms with E-state index in [2.05, 4.69) is 4.99 Å². The highest BCUT2D eigenvalue weighted by Crippen LogP contribution is 2.11. The molecule has 0 fully saturated rings. The van der Waals surface area contributed by atoms with Crippen molar-refractivity contribution in [2.75, 3.05) is 0 Å². The average Bonchev–Trinajstić information content (AvgIpc) is 2.78. The van der Waals surface area contributed by atoms with Crippen molar-refractivity contribution >= 4 is 18.0 Å². The molecule has 0 unspecified atom stereocenters. The van der Waals surface area contributed by atoms with E-state index in [9.17, 15) is 9.59 Å². The summed E-state index contributed by atoms with van der Waals surface area (Å²) in [5, 5.41) is 0. The largest absolute Gasteiger partial charge is 0.368 e. The first-order valence-electron chi connectivity index (χ1n) is 9.02. The average molecular weight is 388 g/mol. The van der Waals surface area contributed by atoms with E-state index in [0.717, 1.165) is 16.7 Å². The van der Waals surface area contributed by atoms with E-state index >= 15 is 0 Å². The van der Waals surface area contributed by atoms with Crippen LogP contribution in [-0.2, 0) is 9.59 Å². The van der Waals surface area contributed by atoms with Gasteiger partial charge in [-0.25, -0.2) is 4.99 Å². The first kappa shape index (κ1) is 21.7. The summed E-state index contributed by atoms with van der Waals surface area (Å²) in [7, 11) is 0. The van der Waals surface area contributed by atoms with Gasteiger partial charge in [-0.1, -0.05) is 91.0 Å². The third-order valence-corrected chi connectivity index (χ3v) is 4.03. The predicted octanol–water partition coefficient (Wildman–Crippen LogP) is 2.50. The van der Waals surface area contributed by atoms with E-state index in [1.807, 2.05) is 78.9 Å². The van der Waals surface area contributed by atoms with Gasteiger partial charge in [-0.05, 0) is 16.7 Å². The Morgan fingerprint density at radius 2 is 1.10 bits per heavy atom. The number of primary amides is 1. The van der Waals surface area contributed by atoms with Crippen LogP contribution in [0.4, 0.5) is 0 Å². The molecule has 0 radical (unpaired) electrons. The molecule has 0 heterocycles. The molecule has 3 aromatic carbocycles. The molecule has 0 saturated carbocycles. The Hall–Kier alpha value is -3.61. The summed E-state index contributed by atoms with van der Waals surface area (Å²) in [6.07, 6.45) is 1.53. The van der Waals surface area contributed by atoms with Crippen molar-refractivity contribution in [2.24, 2.45) is 22.2 Å². The zero-order chi connectivity index (χ0) is 21.1. The third-order valence-electron chi connectivity index (χ3n) is 4.03. The fourth-order valence-electron chi connectivity index (χ4n) is 2.39. The molecule has 0 aliphatic heterocycles. The number of hydrogen-bond acceptors (Lipinski definition) is 4. The highest BCUT2D eigenvalue weighted by Gasteiger charge is 2.13. The van der Waals surface area contributed by atoms with Gasteiger partial charge in [0.1, 0.15) is 12.1 Å². The number of nitrogens with zero attached hydrogens (tertiary/aromatic N) is 1. The standard InChI is InChI=1S/C15H14N2O.C8H10N2O/c16-14(13-9-5-2-6-10-13)15(18)17-11-12-7-3-1-4-8-12;9-7(8(10)11)6-4-2-1-3-5-6/h1-11,14H,16H2;1-5,7H,9H2,(H2,10,11)/t14-;7-/m11/s1. The lowest BCUT2D eigenvalue weighted by Crippen LogP contribution is -2.27. The lowest BCUT2D eigenvalue weighted by atomic mass is 10.1. The number of aliphatic imine (C=N–C) groups is 1. The van der Waals surface area contributed by atoms with Gasteiger partial charge in [0, 0.05) is 6.21 Å². The maximum atomic E-state index is 11.8. The van der Waals surface area contributed by atoms with E-state index in [-0.39, 0.29) is 5.91 Å². The molecule has 148 valence electrons.